The van der Waals surface area contributed by atoms with Crippen LogP contribution in [0.5, 0.6) is 11.6 Å². The van der Waals surface area contributed by atoms with Crippen molar-refractivity contribution in [3.05, 3.63) is 65.7 Å². The van der Waals surface area contributed by atoms with Crippen LogP contribution in [0.3, 0.4) is 0 Å². The molecule has 168 valence electrons. The molecule has 0 spiro atoms. The van der Waals surface area contributed by atoms with Gasteiger partial charge in [0.2, 0.25) is 11.8 Å². The van der Waals surface area contributed by atoms with Crippen LogP contribution >= 0.6 is 0 Å². The van der Waals surface area contributed by atoms with E-state index in [0.29, 0.717) is 25.3 Å². The summed E-state index contributed by atoms with van der Waals surface area (Å²) in [5.41, 5.74) is 3.97. The molecular weight excluding hydrogens is 400 g/mol. The quantitative estimate of drug-likeness (QED) is 0.547. The normalized spacial score (nSPS) is 13.9. The van der Waals surface area contributed by atoms with E-state index < -0.39 is 0 Å². The minimum absolute atomic E-state index is 0.0635. The molecule has 1 amide bonds. The number of carbonyl (C=O) groups is 1. The number of likely N-dealkylation sites (tertiary alicyclic amines) is 1. The number of hydrogen-bond acceptors (Lipinski definition) is 4. The Balaban J connectivity index is 1.49. The first-order valence-corrected chi connectivity index (χ1v) is 11.4. The van der Waals surface area contributed by atoms with Crippen molar-refractivity contribution in [2.24, 2.45) is 7.05 Å². The zero-order chi connectivity index (χ0) is 22.3. The van der Waals surface area contributed by atoms with Crippen molar-refractivity contribution in [2.75, 3.05) is 26.2 Å². The first kappa shape index (κ1) is 22.1. The standard InChI is InChI=1S/C26H32N4O2/c1-20-9-8-12-22(19-20)32-26-23(25(28-29(26)2)21-10-4-3-5-11-21)13-14-24(31)27-15-18-30-16-6-7-17-30/h3-5,8-12,19H,6-7,13-18H2,1-2H3,(H,27,31). The minimum atomic E-state index is 0.0635. The number of benzene rings is 2. The van der Waals surface area contributed by atoms with Gasteiger partial charge in [0.15, 0.2) is 0 Å². The summed E-state index contributed by atoms with van der Waals surface area (Å²) in [4.78, 5) is 15.0. The molecule has 0 radical (unpaired) electrons. The first-order chi connectivity index (χ1) is 15.6. The van der Waals surface area contributed by atoms with Gasteiger partial charge in [0, 0.05) is 37.7 Å². The van der Waals surface area contributed by atoms with Crippen LogP contribution in [0.4, 0.5) is 0 Å². The smallest absolute Gasteiger partial charge is 0.221 e. The third-order valence-electron chi connectivity index (χ3n) is 5.89. The maximum atomic E-state index is 12.6. The summed E-state index contributed by atoms with van der Waals surface area (Å²) in [7, 11) is 1.89. The summed E-state index contributed by atoms with van der Waals surface area (Å²) in [6.45, 7) is 5.95. The number of aryl methyl sites for hydroxylation is 2. The van der Waals surface area contributed by atoms with Crippen LogP contribution in [0, 0.1) is 6.92 Å². The van der Waals surface area contributed by atoms with Crippen LogP contribution in [0.15, 0.2) is 54.6 Å². The molecule has 6 heteroatoms. The molecule has 1 saturated heterocycles. The topological polar surface area (TPSA) is 59.4 Å². The highest BCUT2D eigenvalue weighted by Gasteiger charge is 2.21. The van der Waals surface area contributed by atoms with Crippen molar-refractivity contribution in [3.63, 3.8) is 0 Å². The van der Waals surface area contributed by atoms with Gasteiger partial charge in [0.05, 0.1) is 5.69 Å². The predicted octanol–water partition coefficient (Wildman–Crippen LogP) is 4.33. The summed E-state index contributed by atoms with van der Waals surface area (Å²) >= 11 is 0. The fraction of sp³-hybridized carbons (Fsp3) is 0.385. The Labute approximate surface area is 190 Å². The zero-order valence-corrected chi connectivity index (χ0v) is 19.0. The molecule has 0 bridgehead atoms. The SMILES string of the molecule is Cc1cccc(Oc2c(CCC(=O)NCCN3CCCC3)c(-c3ccccc3)nn2C)c1. The van der Waals surface area contributed by atoms with E-state index in [2.05, 4.69) is 10.2 Å². The van der Waals surface area contributed by atoms with Crippen molar-refractivity contribution < 1.29 is 9.53 Å². The van der Waals surface area contributed by atoms with Crippen molar-refractivity contribution in [1.29, 1.82) is 0 Å². The van der Waals surface area contributed by atoms with Crippen LogP contribution < -0.4 is 10.1 Å². The van der Waals surface area contributed by atoms with Gasteiger partial charge < -0.3 is 15.0 Å². The number of nitrogens with one attached hydrogen (secondary N) is 1. The molecule has 1 aromatic heterocycles. The third kappa shape index (κ3) is 5.56. The molecule has 2 aromatic carbocycles. The average Bonchev–Trinajstić information content (AvgIpc) is 3.41. The highest BCUT2D eigenvalue weighted by molar-refractivity contribution is 5.77. The summed E-state index contributed by atoms with van der Waals surface area (Å²) in [5, 5.41) is 7.82. The average molecular weight is 433 g/mol. The zero-order valence-electron chi connectivity index (χ0n) is 19.0. The van der Waals surface area contributed by atoms with Crippen molar-refractivity contribution >= 4 is 5.91 Å². The summed E-state index contributed by atoms with van der Waals surface area (Å²) < 4.78 is 8.04. The Kier molecular flexibility index (Phi) is 7.22. The van der Waals surface area contributed by atoms with Gasteiger partial charge in [-0.25, -0.2) is 4.68 Å². The molecule has 0 atom stereocenters. The van der Waals surface area contributed by atoms with Crippen molar-refractivity contribution in [3.8, 4) is 22.9 Å². The summed E-state index contributed by atoms with van der Waals surface area (Å²) in [6, 6.07) is 18.0. The number of nitrogens with zero attached hydrogens (tertiary/aromatic N) is 3. The molecule has 4 rings (SSSR count). The van der Waals surface area contributed by atoms with Crippen LogP contribution in [-0.4, -0.2) is 46.8 Å². The Morgan fingerprint density at radius 3 is 2.62 bits per heavy atom. The fourth-order valence-corrected chi connectivity index (χ4v) is 4.21. The Bertz CT molecular complexity index is 1040. The van der Waals surface area contributed by atoms with Gasteiger partial charge in [-0.05, 0) is 57.0 Å². The molecule has 6 nitrogen and oxygen atoms in total. The van der Waals surface area contributed by atoms with Gasteiger partial charge in [-0.3, -0.25) is 4.79 Å². The van der Waals surface area contributed by atoms with Crippen LogP contribution in [0.2, 0.25) is 0 Å². The van der Waals surface area contributed by atoms with Crippen LogP contribution in [0.1, 0.15) is 30.4 Å². The second kappa shape index (κ2) is 10.5. The Hall–Kier alpha value is -3.12. The lowest BCUT2D eigenvalue weighted by Crippen LogP contribution is -2.33. The van der Waals surface area contributed by atoms with E-state index in [9.17, 15) is 4.79 Å². The molecule has 1 fully saturated rings. The predicted molar refractivity (Wildman–Crippen MR) is 127 cm³/mol. The second-order valence-electron chi connectivity index (χ2n) is 8.44. The molecule has 1 aliphatic heterocycles. The maximum Gasteiger partial charge on any atom is 0.221 e. The lowest BCUT2D eigenvalue weighted by Gasteiger charge is -2.14. The van der Waals surface area contributed by atoms with E-state index in [1.165, 1.54) is 12.8 Å². The summed E-state index contributed by atoms with van der Waals surface area (Å²) in [5.74, 6) is 1.51. The maximum absolute atomic E-state index is 12.6. The van der Waals surface area contributed by atoms with E-state index in [4.69, 9.17) is 9.84 Å². The number of rotatable bonds is 9. The van der Waals surface area contributed by atoms with E-state index in [-0.39, 0.29) is 5.91 Å². The Morgan fingerprint density at radius 1 is 1.09 bits per heavy atom. The molecule has 0 saturated carbocycles. The highest BCUT2D eigenvalue weighted by atomic mass is 16.5. The monoisotopic (exact) mass is 432 g/mol. The number of carbonyl (C=O) groups excluding carboxylic acids is 1. The lowest BCUT2D eigenvalue weighted by atomic mass is 10.0. The number of hydrogen-bond donors (Lipinski definition) is 1. The van der Waals surface area contributed by atoms with E-state index in [0.717, 1.165) is 47.8 Å². The van der Waals surface area contributed by atoms with E-state index in [1.54, 1.807) is 4.68 Å². The Morgan fingerprint density at radius 2 is 1.88 bits per heavy atom. The number of amides is 1. The molecule has 2 heterocycles. The van der Waals surface area contributed by atoms with Crippen molar-refractivity contribution in [2.45, 2.75) is 32.6 Å². The molecule has 0 aliphatic carbocycles. The van der Waals surface area contributed by atoms with Gasteiger partial charge in [-0.2, -0.15) is 5.10 Å². The lowest BCUT2D eigenvalue weighted by molar-refractivity contribution is -0.121. The highest BCUT2D eigenvalue weighted by Crippen LogP contribution is 2.34. The summed E-state index contributed by atoms with van der Waals surface area (Å²) in [6.07, 6.45) is 3.49. The molecule has 1 aliphatic rings. The fourth-order valence-electron chi connectivity index (χ4n) is 4.21. The number of aromatic nitrogens is 2. The van der Waals surface area contributed by atoms with Crippen molar-refractivity contribution in [1.82, 2.24) is 20.0 Å². The molecule has 32 heavy (non-hydrogen) atoms. The van der Waals surface area contributed by atoms with E-state index >= 15 is 0 Å². The van der Waals surface area contributed by atoms with Crippen LogP contribution in [0.25, 0.3) is 11.3 Å². The molecular formula is C26H32N4O2. The molecule has 1 N–H and O–H groups in total. The second-order valence-corrected chi connectivity index (χ2v) is 8.44. The molecule has 3 aromatic rings. The van der Waals surface area contributed by atoms with Gasteiger partial charge in [-0.1, -0.05) is 42.5 Å². The van der Waals surface area contributed by atoms with Gasteiger partial charge in [0.1, 0.15) is 5.75 Å². The van der Waals surface area contributed by atoms with Gasteiger partial charge in [-0.15, -0.1) is 0 Å². The first-order valence-electron chi connectivity index (χ1n) is 11.4. The number of ether oxygens (including phenoxy) is 1. The van der Waals surface area contributed by atoms with Crippen LogP contribution in [-0.2, 0) is 18.3 Å². The van der Waals surface area contributed by atoms with Gasteiger partial charge in [0.25, 0.3) is 0 Å². The molecule has 0 unspecified atom stereocenters. The van der Waals surface area contributed by atoms with E-state index in [1.807, 2.05) is 68.6 Å². The largest absolute Gasteiger partial charge is 0.439 e. The minimum Gasteiger partial charge on any atom is -0.439 e. The third-order valence-corrected chi connectivity index (χ3v) is 5.89. The van der Waals surface area contributed by atoms with Gasteiger partial charge >= 0.3 is 0 Å².